The molecule has 0 aromatic heterocycles. The molecule has 21 heavy (non-hydrogen) atoms. The molecule has 0 fully saturated rings. The van der Waals surface area contributed by atoms with Crippen molar-refractivity contribution in [2.24, 2.45) is 0 Å². The molecule has 1 N–H and O–H groups in total. The molecule has 0 aliphatic rings. The van der Waals surface area contributed by atoms with Crippen molar-refractivity contribution in [3.63, 3.8) is 0 Å². The summed E-state index contributed by atoms with van der Waals surface area (Å²) in [6.07, 6.45) is 0. The Morgan fingerprint density at radius 2 is 1.57 bits per heavy atom. The first-order chi connectivity index (χ1) is 9.84. The summed E-state index contributed by atoms with van der Waals surface area (Å²) in [5.74, 6) is -0.957. The fraction of sp³-hybridized carbons (Fsp3) is 0.188. The molecule has 2 aromatic carbocycles. The fourth-order valence-electron chi connectivity index (χ4n) is 2.04. The summed E-state index contributed by atoms with van der Waals surface area (Å²) in [7, 11) is -3.84. The Bertz CT molecular complexity index is 759. The number of carbonyl (C=O) groups is 1. The minimum absolute atomic E-state index is 0.0978. The largest absolute Gasteiger partial charge is 0.478 e. The molecule has 0 heterocycles. The Hall–Kier alpha value is -2.14. The number of benzene rings is 2. The van der Waals surface area contributed by atoms with E-state index in [1.807, 2.05) is 13.8 Å². The predicted octanol–water partition coefficient (Wildman–Crippen LogP) is 3.34. The molecule has 0 atom stereocenters. The van der Waals surface area contributed by atoms with Crippen molar-refractivity contribution >= 4 is 15.8 Å². The molecule has 5 heteroatoms. The summed E-state index contributed by atoms with van der Waals surface area (Å²) >= 11 is 0. The Morgan fingerprint density at radius 1 is 1.00 bits per heavy atom. The third-order valence-corrected chi connectivity index (χ3v) is 5.09. The zero-order valence-corrected chi connectivity index (χ0v) is 12.6. The summed E-state index contributed by atoms with van der Waals surface area (Å²) < 4.78 is 25.2. The first-order valence-corrected chi connectivity index (χ1v) is 7.99. The lowest BCUT2D eigenvalue weighted by Gasteiger charge is -2.10. The SMILES string of the molecule is CC(C)c1ccc(S(=O)(=O)c2ccccc2C(=O)O)cc1. The fourth-order valence-corrected chi connectivity index (χ4v) is 3.49. The average Bonchev–Trinajstić information content (AvgIpc) is 2.47. The van der Waals surface area contributed by atoms with Crippen molar-refractivity contribution in [2.75, 3.05) is 0 Å². The Morgan fingerprint density at radius 3 is 2.10 bits per heavy atom. The van der Waals surface area contributed by atoms with Gasteiger partial charge < -0.3 is 5.11 Å². The van der Waals surface area contributed by atoms with Crippen LogP contribution in [0, 0.1) is 0 Å². The number of aromatic carboxylic acids is 1. The highest BCUT2D eigenvalue weighted by Crippen LogP contribution is 2.25. The number of hydrogen-bond donors (Lipinski definition) is 1. The van der Waals surface area contributed by atoms with Gasteiger partial charge in [0.2, 0.25) is 9.84 Å². The molecule has 4 nitrogen and oxygen atoms in total. The summed E-state index contributed by atoms with van der Waals surface area (Å²) in [5, 5.41) is 9.13. The molecule has 0 saturated carbocycles. The molecule has 0 aliphatic heterocycles. The number of rotatable bonds is 4. The van der Waals surface area contributed by atoms with Gasteiger partial charge in [0.05, 0.1) is 15.4 Å². The first-order valence-electron chi connectivity index (χ1n) is 6.51. The topological polar surface area (TPSA) is 71.4 Å². The van der Waals surface area contributed by atoms with E-state index in [0.717, 1.165) is 5.56 Å². The van der Waals surface area contributed by atoms with Crippen LogP contribution in [0.15, 0.2) is 58.3 Å². The maximum absolute atomic E-state index is 12.6. The van der Waals surface area contributed by atoms with Gasteiger partial charge in [-0.25, -0.2) is 13.2 Å². The Kier molecular flexibility index (Phi) is 4.14. The first kappa shape index (κ1) is 15.3. The van der Waals surface area contributed by atoms with E-state index < -0.39 is 15.8 Å². The van der Waals surface area contributed by atoms with E-state index in [-0.39, 0.29) is 15.4 Å². The lowest BCUT2D eigenvalue weighted by atomic mass is 10.0. The summed E-state index contributed by atoms with van der Waals surface area (Å²) in [4.78, 5) is 11.1. The molecule has 110 valence electrons. The second kappa shape index (κ2) is 5.69. The van der Waals surface area contributed by atoms with Crippen LogP contribution in [0.5, 0.6) is 0 Å². The molecule has 2 rings (SSSR count). The maximum atomic E-state index is 12.6. The normalized spacial score (nSPS) is 11.6. The van der Waals surface area contributed by atoms with Crippen LogP contribution in [0.3, 0.4) is 0 Å². The molecular weight excluding hydrogens is 288 g/mol. The van der Waals surface area contributed by atoms with Crippen molar-refractivity contribution in [1.82, 2.24) is 0 Å². The van der Waals surface area contributed by atoms with Crippen molar-refractivity contribution < 1.29 is 18.3 Å². The van der Waals surface area contributed by atoms with Crippen LogP contribution in [-0.2, 0) is 9.84 Å². The summed E-state index contributed by atoms with van der Waals surface area (Å²) in [5.41, 5.74) is 0.811. The monoisotopic (exact) mass is 304 g/mol. The number of carboxylic acid groups (broad SMARTS) is 1. The minimum Gasteiger partial charge on any atom is -0.478 e. The van der Waals surface area contributed by atoms with Gasteiger partial charge in [0, 0.05) is 0 Å². The Balaban J connectivity index is 2.55. The summed E-state index contributed by atoms with van der Waals surface area (Å²) in [6.45, 7) is 4.03. The average molecular weight is 304 g/mol. The van der Waals surface area contributed by atoms with Crippen LogP contribution in [-0.4, -0.2) is 19.5 Å². The van der Waals surface area contributed by atoms with Gasteiger partial charge >= 0.3 is 5.97 Å². The lowest BCUT2D eigenvalue weighted by Crippen LogP contribution is -2.09. The minimum atomic E-state index is -3.84. The van der Waals surface area contributed by atoms with Crippen molar-refractivity contribution in [3.8, 4) is 0 Å². The lowest BCUT2D eigenvalue weighted by molar-refractivity contribution is 0.0692. The Labute approximate surface area is 124 Å². The van der Waals surface area contributed by atoms with E-state index in [1.165, 1.54) is 36.4 Å². The second-order valence-corrected chi connectivity index (χ2v) is 6.95. The van der Waals surface area contributed by atoms with Crippen molar-refractivity contribution in [2.45, 2.75) is 29.6 Å². The van der Waals surface area contributed by atoms with E-state index in [4.69, 9.17) is 5.11 Å². The molecule has 0 bridgehead atoms. The molecule has 0 radical (unpaired) electrons. The number of sulfone groups is 1. The smallest absolute Gasteiger partial charge is 0.337 e. The molecule has 0 unspecified atom stereocenters. The third kappa shape index (κ3) is 2.97. The zero-order valence-electron chi connectivity index (χ0n) is 11.8. The van der Waals surface area contributed by atoms with E-state index >= 15 is 0 Å². The van der Waals surface area contributed by atoms with Gasteiger partial charge in [-0.2, -0.15) is 0 Å². The van der Waals surface area contributed by atoms with Gasteiger partial charge in [-0.15, -0.1) is 0 Å². The highest BCUT2D eigenvalue weighted by atomic mass is 32.2. The van der Waals surface area contributed by atoms with Crippen LogP contribution in [0.4, 0.5) is 0 Å². The van der Waals surface area contributed by atoms with Crippen LogP contribution < -0.4 is 0 Å². The van der Waals surface area contributed by atoms with Crippen molar-refractivity contribution in [1.29, 1.82) is 0 Å². The zero-order chi connectivity index (χ0) is 15.6. The molecule has 2 aromatic rings. The highest BCUT2D eigenvalue weighted by molar-refractivity contribution is 7.91. The van der Waals surface area contributed by atoms with Gasteiger partial charge in [-0.3, -0.25) is 0 Å². The molecule has 0 aliphatic carbocycles. The molecule has 0 spiro atoms. The predicted molar refractivity (Wildman–Crippen MR) is 79.4 cm³/mol. The molecule has 0 saturated heterocycles. The van der Waals surface area contributed by atoms with E-state index in [2.05, 4.69) is 0 Å². The standard InChI is InChI=1S/C16H16O4S/c1-11(2)12-7-9-13(10-8-12)21(19,20)15-6-4-3-5-14(15)16(17)18/h3-11H,1-2H3,(H,17,18). The van der Waals surface area contributed by atoms with Crippen LogP contribution in [0.25, 0.3) is 0 Å². The van der Waals surface area contributed by atoms with Gasteiger partial charge in [0.15, 0.2) is 0 Å². The van der Waals surface area contributed by atoms with Gasteiger partial charge in [-0.05, 0) is 35.7 Å². The van der Waals surface area contributed by atoms with Gasteiger partial charge in [0.1, 0.15) is 0 Å². The third-order valence-electron chi connectivity index (χ3n) is 3.26. The number of carboxylic acids is 1. The quantitative estimate of drug-likeness (QED) is 0.940. The van der Waals surface area contributed by atoms with E-state index in [1.54, 1.807) is 12.1 Å². The highest BCUT2D eigenvalue weighted by Gasteiger charge is 2.23. The van der Waals surface area contributed by atoms with Crippen LogP contribution in [0.1, 0.15) is 35.7 Å². The summed E-state index contributed by atoms with van der Waals surface area (Å²) in [6, 6.07) is 12.2. The second-order valence-electron chi connectivity index (χ2n) is 5.03. The van der Waals surface area contributed by atoms with Gasteiger partial charge in [-0.1, -0.05) is 38.1 Å². The van der Waals surface area contributed by atoms with E-state index in [0.29, 0.717) is 5.92 Å². The van der Waals surface area contributed by atoms with Crippen LogP contribution in [0.2, 0.25) is 0 Å². The van der Waals surface area contributed by atoms with E-state index in [9.17, 15) is 13.2 Å². The maximum Gasteiger partial charge on any atom is 0.337 e. The number of hydrogen-bond acceptors (Lipinski definition) is 3. The van der Waals surface area contributed by atoms with Crippen molar-refractivity contribution in [3.05, 3.63) is 59.7 Å². The molecular formula is C16H16O4S. The van der Waals surface area contributed by atoms with Gasteiger partial charge in [0.25, 0.3) is 0 Å². The van der Waals surface area contributed by atoms with Crippen LogP contribution >= 0.6 is 0 Å². The molecule has 0 amide bonds.